The third kappa shape index (κ3) is 1.58. The second kappa shape index (κ2) is 3.15. The van der Waals surface area contributed by atoms with Crippen LogP contribution in [0.4, 0.5) is 5.69 Å². The summed E-state index contributed by atoms with van der Waals surface area (Å²) in [7, 11) is 0. The fraction of sp³-hybridized carbons (Fsp3) is 0.250. The van der Waals surface area contributed by atoms with Crippen molar-refractivity contribution in [3.05, 3.63) is 33.4 Å². The fourth-order valence-corrected chi connectivity index (χ4v) is 1.24. The van der Waals surface area contributed by atoms with Gasteiger partial charge in [-0.1, -0.05) is 0 Å². The van der Waals surface area contributed by atoms with Gasteiger partial charge in [0.15, 0.2) is 0 Å². The molecule has 3 nitrogen and oxygen atoms in total. The molecular formula is C8H9NO2S. The first-order valence-electron chi connectivity index (χ1n) is 3.47. The summed E-state index contributed by atoms with van der Waals surface area (Å²) in [5, 5.41) is 10.5. The average Bonchev–Trinajstić information content (AvgIpc) is 1.96. The summed E-state index contributed by atoms with van der Waals surface area (Å²) in [4.78, 5) is 10.9. The summed E-state index contributed by atoms with van der Waals surface area (Å²) in [5.41, 5.74) is 1.64. The predicted molar refractivity (Wildman–Crippen MR) is 49.8 cm³/mol. The van der Waals surface area contributed by atoms with Gasteiger partial charge in [0.05, 0.1) is 4.92 Å². The monoisotopic (exact) mass is 183 g/mol. The SMILES string of the molecule is Cc1cc([N+](=O)[O-])c(C)cc1S. The van der Waals surface area contributed by atoms with Crippen molar-refractivity contribution in [1.82, 2.24) is 0 Å². The van der Waals surface area contributed by atoms with E-state index >= 15 is 0 Å². The van der Waals surface area contributed by atoms with Crippen molar-refractivity contribution in [2.45, 2.75) is 18.7 Å². The molecule has 0 amide bonds. The van der Waals surface area contributed by atoms with Crippen LogP contribution in [0.15, 0.2) is 17.0 Å². The van der Waals surface area contributed by atoms with Gasteiger partial charge >= 0.3 is 0 Å². The molecule has 0 N–H and O–H groups in total. The van der Waals surface area contributed by atoms with Crippen LogP contribution in [-0.2, 0) is 0 Å². The highest BCUT2D eigenvalue weighted by molar-refractivity contribution is 7.80. The number of hydrogen-bond acceptors (Lipinski definition) is 3. The van der Waals surface area contributed by atoms with Crippen molar-refractivity contribution in [3.8, 4) is 0 Å². The Kier molecular flexibility index (Phi) is 2.38. The second-order valence-corrected chi connectivity index (χ2v) is 3.16. The molecule has 0 aliphatic carbocycles. The van der Waals surface area contributed by atoms with E-state index in [-0.39, 0.29) is 10.6 Å². The molecule has 0 aromatic heterocycles. The van der Waals surface area contributed by atoms with Crippen LogP contribution in [0, 0.1) is 24.0 Å². The summed E-state index contributed by atoms with van der Waals surface area (Å²) in [6.07, 6.45) is 0. The number of thiol groups is 1. The molecule has 0 atom stereocenters. The molecule has 0 saturated heterocycles. The van der Waals surface area contributed by atoms with Crippen LogP contribution in [0.1, 0.15) is 11.1 Å². The molecule has 4 heteroatoms. The Morgan fingerprint density at radius 2 is 1.92 bits per heavy atom. The van der Waals surface area contributed by atoms with Gasteiger partial charge in [0.1, 0.15) is 0 Å². The number of nitrogens with zero attached hydrogens (tertiary/aromatic N) is 1. The van der Waals surface area contributed by atoms with Crippen molar-refractivity contribution >= 4 is 18.3 Å². The first kappa shape index (κ1) is 9.06. The lowest BCUT2D eigenvalue weighted by atomic mass is 10.1. The summed E-state index contributed by atoms with van der Waals surface area (Å²) in [6, 6.07) is 3.24. The van der Waals surface area contributed by atoms with E-state index < -0.39 is 0 Å². The van der Waals surface area contributed by atoms with Crippen molar-refractivity contribution in [2.75, 3.05) is 0 Å². The first-order valence-corrected chi connectivity index (χ1v) is 3.91. The average molecular weight is 183 g/mol. The molecule has 1 rings (SSSR count). The molecule has 0 spiro atoms. The van der Waals surface area contributed by atoms with Crippen LogP contribution in [-0.4, -0.2) is 4.92 Å². The zero-order valence-corrected chi connectivity index (χ0v) is 7.76. The quantitative estimate of drug-likeness (QED) is 0.413. The fourth-order valence-electron chi connectivity index (χ4n) is 0.982. The van der Waals surface area contributed by atoms with Crippen LogP contribution in [0.5, 0.6) is 0 Å². The van der Waals surface area contributed by atoms with E-state index in [9.17, 15) is 10.1 Å². The van der Waals surface area contributed by atoms with Crippen LogP contribution >= 0.6 is 12.6 Å². The highest BCUT2D eigenvalue weighted by atomic mass is 32.1. The number of hydrogen-bond donors (Lipinski definition) is 1. The summed E-state index contributed by atoms with van der Waals surface area (Å²) >= 11 is 4.16. The molecule has 0 bridgehead atoms. The maximum atomic E-state index is 10.5. The largest absolute Gasteiger partial charge is 0.272 e. The molecule has 0 heterocycles. The van der Waals surface area contributed by atoms with Gasteiger partial charge in [0.25, 0.3) is 5.69 Å². The molecule has 12 heavy (non-hydrogen) atoms. The smallest absolute Gasteiger partial charge is 0.258 e. The van der Waals surface area contributed by atoms with E-state index in [0.29, 0.717) is 5.56 Å². The van der Waals surface area contributed by atoms with Crippen LogP contribution in [0.25, 0.3) is 0 Å². The van der Waals surface area contributed by atoms with Crippen molar-refractivity contribution < 1.29 is 4.92 Å². The molecule has 1 aromatic rings. The van der Waals surface area contributed by atoms with E-state index in [2.05, 4.69) is 12.6 Å². The summed E-state index contributed by atoms with van der Waals surface area (Å²) < 4.78 is 0. The molecule has 0 aliphatic heterocycles. The van der Waals surface area contributed by atoms with Crippen LogP contribution in [0.2, 0.25) is 0 Å². The zero-order valence-electron chi connectivity index (χ0n) is 6.87. The van der Waals surface area contributed by atoms with E-state index in [1.165, 1.54) is 6.07 Å². The molecule has 0 radical (unpaired) electrons. The maximum Gasteiger partial charge on any atom is 0.272 e. The third-order valence-corrected chi connectivity index (χ3v) is 2.19. The number of benzene rings is 1. The summed E-state index contributed by atoms with van der Waals surface area (Å²) in [5.74, 6) is 0. The molecular weight excluding hydrogens is 174 g/mol. The van der Waals surface area contributed by atoms with E-state index in [1.54, 1.807) is 19.9 Å². The van der Waals surface area contributed by atoms with Crippen LogP contribution < -0.4 is 0 Å². The van der Waals surface area contributed by atoms with Gasteiger partial charge in [-0.15, -0.1) is 12.6 Å². The van der Waals surface area contributed by atoms with Gasteiger partial charge in [0, 0.05) is 16.5 Å². The normalized spacial score (nSPS) is 9.92. The maximum absolute atomic E-state index is 10.5. The third-order valence-electron chi connectivity index (χ3n) is 1.71. The Morgan fingerprint density at radius 3 is 2.42 bits per heavy atom. The van der Waals surface area contributed by atoms with Gasteiger partial charge in [-0.25, -0.2) is 0 Å². The highest BCUT2D eigenvalue weighted by Gasteiger charge is 2.11. The Balaban J connectivity index is 3.33. The first-order chi connectivity index (χ1) is 5.52. The van der Waals surface area contributed by atoms with Crippen molar-refractivity contribution in [1.29, 1.82) is 0 Å². The lowest BCUT2D eigenvalue weighted by Gasteiger charge is -2.01. The highest BCUT2D eigenvalue weighted by Crippen LogP contribution is 2.24. The minimum absolute atomic E-state index is 0.158. The Labute approximate surface area is 76.0 Å². The molecule has 0 saturated carbocycles. The van der Waals surface area contributed by atoms with Crippen molar-refractivity contribution in [2.24, 2.45) is 0 Å². The van der Waals surface area contributed by atoms with E-state index in [0.717, 1.165) is 10.5 Å². The second-order valence-electron chi connectivity index (χ2n) is 2.68. The van der Waals surface area contributed by atoms with Gasteiger partial charge < -0.3 is 0 Å². The van der Waals surface area contributed by atoms with Gasteiger partial charge in [-0.05, 0) is 25.5 Å². The van der Waals surface area contributed by atoms with E-state index in [1.807, 2.05) is 0 Å². The minimum Gasteiger partial charge on any atom is -0.258 e. The standard InChI is InChI=1S/C8H9NO2S/c1-5-4-8(12)6(2)3-7(5)9(10)11/h3-4,12H,1-2H3. The minimum atomic E-state index is -0.379. The molecule has 0 aliphatic rings. The molecule has 1 aromatic carbocycles. The topological polar surface area (TPSA) is 43.1 Å². The lowest BCUT2D eigenvalue weighted by Crippen LogP contribution is -1.92. The molecule has 64 valence electrons. The van der Waals surface area contributed by atoms with Crippen LogP contribution in [0.3, 0.4) is 0 Å². The molecule has 0 fully saturated rings. The lowest BCUT2D eigenvalue weighted by molar-refractivity contribution is -0.385. The Morgan fingerprint density at radius 1 is 1.33 bits per heavy atom. The number of aryl methyl sites for hydroxylation is 2. The Hall–Kier alpha value is -1.03. The molecule has 0 unspecified atom stereocenters. The van der Waals surface area contributed by atoms with Crippen molar-refractivity contribution in [3.63, 3.8) is 0 Å². The zero-order chi connectivity index (χ0) is 9.30. The van der Waals surface area contributed by atoms with Gasteiger partial charge in [-0.3, -0.25) is 10.1 Å². The summed E-state index contributed by atoms with van der Waals surface area (Å²) in [6.45, 7) is 3.51. The van der Waals surface area contributed by atoms with E-state index in [4.69, 9.17) is 0 Å². The van der Waals surface area contributed by atoms with Gasteiger partial charge in [0.2, 0.25) is 0 Å². The number of nitro groups is 1. The predicted octanol–water partition coefficient (Wildman–Crippen LogP) is 2.50. The number of rotatable bonds is 1. The van der Waals surface area contributed by atoms with Gasteiger partial charge in [-0.2, -0.15) is 0 Å². The number of nitro benzene ring substituents is 1. The Bertz CT molecular complexity index is 336.